The number of hydrazine groups is 1. The van der Waals surface area contributed by atoms with Crippen LogP contribution < -0.4 is 21.0 Å². The number of hydrogen-bond acceptors (Lipinski definition) is 7. The van der Waals surface area contributed by atoms with E-state index < -0.39 is 71.6 Å². The molecule has 0 aliphatic heterocycles. The van der Waals surface area contributed by atoms with Crippen LogP contribution in [0.5, 0.6) is 5.75 Å². The second-order valence-corrected chi connectivity index (χ2v) is 6.92. The van der Waals surface area contributed by atoms with E-state index in [-0.39, 0.29) is 24.8 Å². The Kier molecular flexibility index (Phi) is 9.52. The molecule has 0 aliphatic rings. The Balaban J connectivity index is 2.24. The number of carbonyl (C=O) groups excluding carboxylic acids is 4. The number of amides is 3. The number of aromatic nitrogens is 1. The molecule has 0 bridgehead atoms. The molecule has 2 aromatic rings. The van der Waals surface area contributed by atoms with Crippen LogP contribution in [0.1, 0.15) is 19.9 Å². The van der Waals surface area contributed by atoms with Crippen molar-refractivity contribution in [3.63, 3.8) is 0 Å². The lowest BCUT2D eigenvalue weighted by atomic mass is 10.3. The fourth-order valence-electron chi connectivity index (χ4n) is 2.76. The summed E-state index contributed by atoms with van der Waals surface area (Å²) in [5, 5.41) is 2.53. The van der Waals surface area contributed by atoms with Crippen LogP contribution in [0.4, 0.5) is 23.2 Å². The number of anilines is 1. The monoisotopic (exact) mass is 516 g/mol. The van der Waals surface area contributed by atoms with Gasteiger partial charge in [-0.25, -0.2) is 13.8 Å². The minimum Gasteiger partial charge on any atom is -0.477 e. The second-order valence-electron chi connectivity index (χ2n) is 6.92. The molecule has 2 N–H and O–H groups in total. The summed E-state index contributed by atoms with van der Waals surface area (Å²) in [6.45, 7) is 0.477. The van der Waals surface area contributed by atoms with Crippen molar-refractivity contribution < 1.29 is 46.2 Å². The summed E-state index contributed by atoms with van der Waals surface area (Å²) < 4.78 is 64.5. The van der Waals surface area contributed by atoms with E-state index in [1.807, 2.05) is 0 Å². The third-order valence-corrected chi connectivity index (χ3v) is 4.54. The van der Waals surface area contributed by atoms with Crippen LogP contribution in [-0.4, -0.2) is 53.5 Å². The summed E-state index contributed by atoms with van der Waals surface area (Å²) in [6, 6.07) is 1.28. The Labute approximate surface area is 200 Å². The highest BCUT2D eigenvalue weighted by atomic mass is 19.2. The molecule has 0 saturated carbocycles. The predicted octanol–water partition coefficient (Wildman–Crippen LogP) is 1.04. The standard InChI is InChI=1S/C21H20F4N4O7/c1-3-35-16(32)8-29(15(31)9-36-19-17(24)12(22)7-13(23)18(19)25)27-20(33)11(2)28-6-4-5-14(21(28)34)26-10-30/h4-7,10-11H,3,8-9H2,1-2H3,(H,26,30)(H,27,33). The summed E-state index contributed by atoms with van der Waals surface area (Å²) in [5.41, 5.74) is 1.14. The Morgan fingerprint density at radius 1 is 1.17 bits per heavy atom. The van der Waals surface area contributed by atoms with Crippen molar-refractivity contribution in [1.82, 2.24) is 15.0 Å². The van der Waals surface area contributed by atoms with E-state index >= 15 is 0 Å². The number of benzene rings is 1. The van der Waals surface area contributed by atoms with Crippen LogP contribution in [0, 0.1) is 23.3 Å². The zero-order chi connectivity index (χ0) is 27.0. The van der Waals surface area contributed by atoms with Gasteiger partial charge in [-0.15, -0.1) is 0 Å². The maximum Gasteiger partial charge on any atom is 0.327 e. The average Bonchev–Trinajstić information content (AvgIpc) is 2.83. The molecule has 0 aliphatic carbocycles. The van der Waals surface area contributed by atoms with E-state index in [9.17, 15) is 41.5 Å². The zero-order valence-electron chi connectivity index (χ0n) is 18.8. The van der Waals surface area contributed by atoms with Gasteiger partial charge in [0.1, 0.15) is 18.3 Å². The molecule has 3 amide bonds. The lowest BCUT2D eigenvalue weighted by Gasteiger charge is -2.25. The van der Waals surface area contributed by atoms with Gasteiger partial charge >= 0.3 is 5.97 Å². The molecule has 1 aromatic heterocycles. The van der Waals surface area contributed by atoms with Crippen LogP contribution in [-0.2, 0) is 23.9 Å². The molecule has 1 aromatic carbocycles. The predicted molar refractivity (Wildman–Crippen MR) is 113 cm³/mol. The number of halogens is 4. The molecule has 1 heterocycles. The van der Waals surface area contributed by atoms with Crippen molar-refractivity contribution in [1.29, 1.82) is 0 Å². The molecule has 1 unspecified atom stereocenters. The summed E-state index contributed by atoms with van der Waals surface area (Å²) in [4.78, 5) is 60.3. The van der Waals surface area contributed by atoms with Crippen LogP contribution in [0.25, 0.3) is 0 Å². The molecule has 15 heteroatoms. The number of carbonyl (C=O) groups is 4. The molecular weight excluding hydrogens is 496 g/mol. The summed E-state index contributed by atoms with van der Waals surface area (Å²) >= 11 is 0. The summed E-state index contributed by atoms with van der Waals surface area (Å²) in [7, 11) is 0. The molecule has 194 valence electrons. The van der Waals surface area contributed by atoms with Crippen molar-refractivity contribution in [2.24, 2.45) is 0 Å². The number of pyridine rings is 1. The first kappa shape index (κ1) is 27.8. The van der Waals surface area contributed by atoms with E-state index in [0.29, 0.717) is 5.01 Å². The molecule has 0 spiro atoms. The number of nitrogens with one attached hydrogen (secondary N) is 2. The van der Waals surface area contributed by atoms with E-state index in [1.54, 1.807) is 0 Å². The fourth-order valence-corrected chi connectivity index (χ4v) is 2.76. The zero-order valence-corrected chi connectivity index (χ0v) is 18.8. The van der Waals surface area contributed by atoms with E-state index in [4.69, 9.17) is 4.74 Å². The first-order valence-electron chi connectivity index (χ1n) is 10.1. The van der Waals surface area contributed by atoms with Gasteiger partial charge in [0.15, 0.2) is 24.0 Å². The topological polar surface area (TPSA) is 136 Å². The number of esters is 1. The Bertz CT molecular complexity index is 1200. The SMILES string of the molecule is CCOC(=O)CN(NC(=O)C(C)n1cccc(NC=O)c1=O)C(=O)COc1c(F)c(F)cc(F)c1F. The number of rotatable bonds is 10. The minimum atomic E-state index is -1.90. The van der Waals surface area contributed by atoms with Gasteiger partial charge in [-0.05, 0) is 26.0 Å². The lowest BCUT2D eigenvalue weighted by Crippen LogP contribution is -2.52. The van der Waals surface area contributed by atoms with E-state index in [1.165, 1.54) is 32.2 Å². The maximum atomic E-state index is 13.8. The first-order valence-corrected chi connectivity index (χ1v) is 10.1. The molecular formula is C21H20F4N4O7. The van der Waals surface area contributed by atoms with E-state index in [2.05, 4.69) is 15.5 Å². The van der Waals surface area contributed by atoms with Crippen LogP contribution >= 0.6 is 0 Å². The quantitative estimate of drug-likeness (QED) is 0.158. The van der Waals surface area contributed by atoms with Gasteiger partial charge in [0.05, 0.1) is 6.61 Å². The highest BCUT2D eigenvalue weighted by molar-refractivity contribution is 5.87. The van der Waals surface area contributed by atoms with Gasteiger partial charge in [0.25, 0.3) is 17.4 Å². The Hall–Kier alpha value is -4.43. The van der Waals surface area contributed by atoms with Crippen molar-refractivity contribution in [2.45, 2.75) is 19.9 Å². The van der Waals surface area contributed by atoms with Crippen molar-refractivity contribution >= 4 is 29.9 Å². The van der Waals surface area contributed by atoms with Crippen LogP contribution in [0.3, 0.4) is 0 Å². The number of ether oxygens (including phenoxy) is 2. The molecule has 0 fully saturated rings. The molecule has 11 nitrogen and oxygen atoms in total. The minimum absolute atomic E-state index is 0.0599. The van der Waals surface area contributed by atoms with Gasteiger partial charge in [0, 0.05) is 12.3 Å². The third-order valence-electron chi connectivity index (χ3n) is 4.54. The Morgan fingerprint density at radius 2 is 1.81 bits per heavy atom. The largest absolute Gasteiger partial charge is 0.477 e. The van der Waals surface area contributed by atoms with Gasteiger partial charge < -0.3 is 19.4 Å². The molecule has 36 heavy (non-hydrogen) atoms. The molecule has 0 radical (unpaired) electrons. The smallest absolute Gasteiger partial charge is 0.327 e. The van der Waals surface area contributed by atoms with Gasteiger partial charge in [0.2, 0.25) is 18.0 Å². The Morgan fingerprint density at radius 3 is 2.39 bits per heavy atom. The fraction of sp³-hybridized carbons (Fsp3) is 0.286. The van der Waals surface area contributed by atoms with Crippen LogP contribution in [0.15, 0.2) is 29.2 Å². The van der Waals surface area contributed by atoms with Crippen molar-refractivity contribution in [2.75, 3.05) is 25.1 Å². The number of hydrogen-bond donors (Lipinski definition) is 2. The molecule has 0 saturated heterocycles. The normalized spacial score (nSPS) is 11.3. The van der Waals surface area contributed by atoms with Crippen molar-refractivity contribution in [3.05, 3.63) is 58.0 Å². The van der Waals surface area contributed by atoms with Crippen molar-refractivity contribution in [3.8, 4) is 5.75 Å². The lowest BCUT2D eigenvalue weighted by molar-refractivity contribution is -0.154. The average molecular weight is 516 g/mol. The second kappa shape index (κ2) is 12.3. The highest BCUT2D eigenvalue weighted by Gasteiger charge is 2.27. The number of nitrogens with zero attached hydrogens (tertiary/aromatic N) is 2. The van der Waals surface area contributed by atoms with Gasteiger partial charge in [-0.1, -0.05) is 0 Å². The molecule has 1 atom stereocenters. The maximum absolute atomic E-state index is 13.8. The van der Waals surface area contributed by atoms with Crippen LogP contribution in [0.2, 0.25) is 0 Å². The van der Waals surface area contributed by atoms with Gasteiger partial charge in [-0.2, -0.15) is 8.78 Å². The highest BCUT2D eigenvalue weighted by Crippen LogP contribution is 2.26. The first-order chi connectivity index (χ1) is 17.0. The van der Waals surface area contributed by atoms with E-state index in [0.717, 1.165) is 4.57 Å². The van der Waals surface area contributed by atoms with Gasteiger partial charge in [-0.3, -0.25) is 29.4 Å². The summed E-state index contributed by atoms with van der Waals surface area (Å²) in [6.07, 6.45) is 1.47. The molecule has 2 rings (SSSR count). The summed E-state index contributed by atoms with van der Waals surface area (Å²) in [5.74, 6) is -12.2. The third kappa shape index (κ3) is 6.58.